The van der Waals surface area contributed by atoms with Gasteiger partial charge in [-0.25, -0.2) is 4.68 Å². The van der Waals surface area contributed by atoms with E-state index in [0.29, 0.717) is 18.0 Å². The summed E-state index contributed by atoms with van der Waals surface area (Å²) in [5, 5.41) is 0. The highest BCUT2D eigenvalue weighted by Gasteiger charge is 2.12. The summed E-state index contributed by atoms with van der Waals surface area (Å²) in [6.07, 6.45) is 1.69. The molecule has 100 valence electrons. The third-order valence-electron chi connectivity index (χ3n) is 2.65. The molecule has 0 aromatic carbocycles. The number of pyridine rings is 1. The van der Waals surface area contributed by atoms with Crippen molar-refractivity contribution in [3.8, 4) is 0 Å². The van der Waals surface area contributed by atoms with Crippen LogP contribution >= 0.6 is 0 Å². The molecule has 0 atom stereocenters. The molecular formula is C13H20N2O3. The molecule has 0 aliphatic heterocycles. The summed E-state index contributed by atoms with van der Waals surface area (Å²) in [5.41, 5.74) is 4.10. The summed E-state index contributed by atoms with van der Waals surface area (Å²) < 4.78 is 6.02. The quantitative estimate of drug-likeness (QED) is 0.796. The highest BCUT2D eigenvalue weighted by atomic mass is 16.5. The third kappa shape index (κ3) is 3.61. The summed E-state index contributed by atoms with van der Waals surface area (Å²) in [4.78, 5) is 23.4. The second-order valence-electron chi connectivity index (χ2n) is 4.66. The Labute approximate surface area is 107 Å². The van der Waals surface area contributed by atoms with Crippen molar-refractivity contribution in [2.24, 2.45) is 5.92 Å². The number of methoxy groups -OCH3 is 1. The number of esters is 1. The number of carbonyl (C=O) groups excluding carboxylic acids is 1. The molecule has 0 saturated carbocycles. The molecule has 1 aromatic rings. The number of carbonyl (C=O) groups is 1. The molecule has 5 nitrogen and oxygen atoms in total. The highest BCUT2D eigenvalue weighted by molar-refractivity contribution is 5.72. The lowest BCUT2D eigenvalue weighted by atomic mass is 10.1. The number of nitrogens with zero attached hydrogens (tertiary/aromatic N) is 1. The first-order chi connectivity index (χ1) is 8.45. The van der Waals surface area contributed by atoms with Gasteiger partial charge in [-0.1, -0.05) is 13.8 Å². The fraction of sp³-hybridized carbons (Fsp3) is 0.538. The Bertz CT molecular complexity index is 478. The molecule has 0 unspecified atom stereocenters. The van der Waals surface area contributed by atoms with E-state index < -0.39 is 5.97 Å². The normalized spacial score (nSPS) is 10.5. The molecule has 1 rings (SSSR count). The molecule has 0 radical (unpaired) electrons. The SMILES string of the molecule is COC(=O)Cc1c(C)ccn(NCC(C)C)c1=O. The van der Waals surface area contributed by atoms with E-state index in [1.807, 2.05) is 13.0 Å². The highest BCUT2D eigenvalue weighted by Crippen LogP contribution is 2.03. The van der Waals surface area contributed by atoms with Gasteiger partial charge in [0.25, 0.3) is 5.56 Å². The van der Waals surface area contributed by atoms with Gasteiger partial charge in [-0.2, -0.15) is 0 Å². The van der Waals surface area contributed by atoms with Crippen LogP contribution in [0.15, 0.2) is 17.1 Å². The maximum Gasteiger partial charge on any atom is 0.310 e. The molecule has 0 saturated heterocycles. The predicted molar refractivity (Wildman–Crippen MR) is 70.2 cm³/mol. The summed E-state index contributed by atoms with van der Waals surface area (Å²) in [6.45, 7) is 6.62. The molecule has 1 N–H and O–H groups in total. The van der Waals surface area contributed by atoms with Gasteiger partial charge in [0.1, 0.15) is 0 Å². The van der Waals surface area contributed by atoms with E-state index in [0.717, 1.165) is 5.56 Å². The van der Waals surface area contributed by atoms with Crippen LogP contribution < -0.4 is 11.0 Å². The Morgan fingerprint density at radius 2 is 2.17 bits per heavy atom. The van der Waals surface area contributed by atoms with Gasteiger partial charge >= 0.3 is 5.97 Å². The largest absolute Gasteiger partial charge is 0.469 e. The van der Waals surface area contributed by atoms with Gasteiger partial charge in [-0.15, -0.1) is 0 Å². The number of aryl methyl sites for hydroxylation is 1. The van der Waals surface area contributed by atoms with Crippen molar-refractivity contribution >= 4 is 5.97 Å². The molecule has 0 bridgehead atoms. The molecule has 0 aliphatic carbocycles. The van der Waals surface area contributed by atoms with Crippen molar-refractivity contribution in [1.82, 2.24) is 4.68 Å². The zero-order chi connectivity index (χ0) is 13.7. The van der Waals surface area contributed by atoms with E-state index in [1.165, 1.54) is 11.8 Å². The number of hydrogen-bond donors (Lipinski definition) is 1. The van der Waals surface area contributed by atoms with Gasteiger partial charge in [-0.05, 0) is 24.5 Å². The van der Waals surface area contributed by atoms with E-state index in [4.69, 9.17) is 0 Å². The number of rotatable bonds is 5. The van der Waals surface area contributed by atoms with Gasteiger partial charge in [-0.3, -0.25) is 9.59 Å². The maximum absolute atomic E-state index is 12.1. The van der Waals surface area contributed by atoms with E-state index in [9.17, 15) is 9.59 Å². The van der Waals surface area contributed by atoms with Crippen LogP contribution in [0.5, 0.6) is 0 Å². The summed E-state index contributed by atoms with van der Waals surface area (Å²) >= 11 is 0. The zero-order valence-corrected chi connectivity index (χ0v) is 11.3. The maximum atomic E-state index is 12.1. The molecule has 5 heteroatoms. The Morgan fingerprint density at radius 3 is 2.72 bits per heavy atom. The van der Waals surface area contributed by atoms with Crippen LogP contribution in [0.1, 0.15) is 25.0 Å². The van der Waals surface area contributed by atoms with Crippen molar-refractivity contribution < 1.29 is 9.53 Å². The molecule has 0 spiro atoms. The number of hydrogen-bond acceptors (Lipinski definition) is 4. The number of ether oxygens (including phenoxy) is 1. The summed E-state index contributed by atoms with van der Waals surface area (Å²) in [7, 11) is 1.32. The van der Waals surface area contributed by atoms with Gasteiger partial charge in [0.05, 0.1) is 13.5 Å². The van der Waals surface area contributed by atoms with Crippen molar-refractivity contribution in [3.63, 3.8) is 0 Å². The first-order valence-electron chi connectivity index (χ1n) is 5.97. The van der Waals surface area contributed by atoms with Gasteiger partial charge < -0.3 is 10.2 Å². The fourth-order valence-electron chi connectivity index (χ4n) is 1.51. The predicted octanol–water partition coefficient (Wildman–Crippen LogP) is 1.07. The van der Waals surface area contributed by atoms with Crippen LogP contribution in [0, 0.1) is 12.8 Å². The standard InChI is InChI=1S/C13H20N2O3/c1-9(2)8-14-15-6-5-10(3)11(13(15)17)7-12(16)18-4/h5-6,9,14H,7-8H2,1-4H3. The fourth-order valence-corrected chi connectivity index (χ4v) is 1.51. The van der Waals surface area contributed by atoms with Gasteiger partial charge in [0.2, 0.25) is 0 Å². The lowest BCUT2D eigenvalue weighted by Gasteiger charge is -2.13. The Kier molecular flexibility index (Phi) is 4.95. The smallest absolute Gasteiger partial charge is 0.310 e. The Hall–Kier alpha value is -1.78. The minimum Gasteiger partial charge on any atom is -0.469 e. The van der Waals surface area contributed by atoms with E-state index in [1.54, 1.807) is 6.20 Å². The summed E-state index contributed by atoms with van der Waals surface area (Å²) in [6, 6.07) is 1.81. The number of aromatic nitrogens is 1. The lowest BCUT2D eigenvalue weighted by molar-refractivity contribution is -0.139. The van der Waals surface area contributed by atoms with Crippen LogP contribution in [-0.4, -0.2) is 24.3 Å². The minimum absolute atomic E-state index is 0.00532. The summed E-state index contributed by atoms with van der Waals surface area (Å²) in [5.74, 6) is 0.0269. The molecule has 1 heterocycles. The van der Waals surface area contributed by atoms with Crippen molar-refractivity contribution in [3.05, 3.63) is 33.7 Å². The van der Waals surface area contributed by atoms with Gasteiger partial charge in [0, 0.05) is 18.3 Å². The minimum atomic E-state index is -0.406. The van der Waals surface area contributed by atoms with E-state index in [-0.39, 0.29) is 12.0 Å². The lowest BCUT2D eigenvalue weighted by Crippen LogP contribution is -2.34. The molecular weight excluding hydrogens is 232 g/mol. The second kappa shape index (κ2) is 6.23. The second-order valence-corrected chi connectivity index (χ2v) is 4.66. The van der Waals surface area contributed by atoms with Crippen molar-refractivity contribution in [2.45, 2.75) is 27.2 Å². The molecule has 0 aliphatic rings. The van der Waals surface area contributed by atoms with Crippen LogP contribution in [0.2, 0.25) is 0 Å². The first-order valence-corrected chi connectivity index (χ1v) is 5.97. The van der Waals surface area contributed by atoms with E-state index >= 15 is 0 Å². The number of nitrogens with one attached hydrogen (secondary N) is 1. The Morgan fingerprint density at radius 1 is 1.50 bits per heavy atom. The van der Waals surface area contributed by atoms with E-state index in [2.05, 4.69) is 24.0 Å². The topological polar surface area (TPSA) is 60.3 Å². The Balaban J connectivity index is 2.99. The molecule has 0 amide bonds. The van der Waals surface area contributed by atoms with Crippen LogP contribution in [-0.2, 0) is 16.0 Å². The molecule has 0 fully saturated rings. The average Bonchev–Trinajstić information content (AvgIpc) is 2.32. The van der Waals surface area contributed by atoms with Crippen molar-refractivity contribution in [2.75, 3.05) is 19.1 Å². The van der Waals surface area contributed by atoms with Gasteiger partial charge in [0.15, 0.2) is 0 Å². The first kappa shape index (κ1) is 14.3. The molecule has 1 aromatic heterocycles. The average molecular weight is 252 g/mol. The van der Waals surface area contributed by atoms with Crippen LogP contribution in [0.4, 0.5) is 0 Å². The zero-order valence-electron chi connectivity index (χ0n) is 11.3. The van der Waals surface area contributed by atoms with Crippen molar-refractivity contribution in [1.29, 1.82) is 0 Å². The van der Waals surface area contributed by atoms with Crippen LogP contribution in [0.3, 0.4) is 0 Å². The molecule has 18 heavy (non-hydrogen) atoms. The van der Waals surface area contributed by atoms with Crippen LogP contribution in [0.25, 0.3) is 0 Å². The third-order valence-corrected chi connectivity index (χ3v) is 2.65. The monoisotopic (exact) mass is 252 g/mol.